The fourth-order valence-corrected chi connectivity index (χ4v) is 10.00. The third kappa shape index (κ3) is 3.83. The first-order valence-corrected chi connectivity index (χ1v) is 16.7. The van der Waals surface area contributed by atoms with Crippen molar-refractivity contribution in [3.8, 4) is 0 Å². The number of nitrogens with zero attached hydrogens (tertiary/aromatic N) is 1. The Hall–Kier alpha value is -4.65. The van der Waals surface area contributed by atoms with Crippen molar-refractivity contribution in [1.82, 2.24) is 0 Å². The van der Waals surface area contributed by atoms with Gasteiger partial charge in [0.25, 0.3) is 0 Å². The molecule has 0 saturated heterocycles. The summed E-state index contributed by atoms with van der Waals surface area (Å²) in [5.74, 6) is 0. The highest BCUT2D eigenvalue weighted by Crippen LogP contribution is 2.55. The van der Waals surface area contributed by atoms with Crippen molar-refractivity contribution >= 4 is 57.0 Å². The lowest BCUT2D eigenvalue weighted by Crippen LogP contribution is -2.32. The van der Waals surface area contributed by atoms with Crippen molar-refractivity contribution < 1.29 is 4.57 Å². The van der Waals surface area contributed by atoms with Gasteiger partial charge in [0, 0.05) is 27.0 Å². The van der Waals surface area contributed by atoms with Gasteiger partial charge in [0.2, 0.25) is 0 Å². The molecule has 1 heterocycles. The van der Waals surface area contributed by atoms with Crippen LogP contribution in [0, 0.1) is 0 Å². The minimum atomic E-state index is -3.06. The van der Waals surface area contributed by atoms with Crippen LogP contribution < -0.4 is 20.8 Å². The molecule has 1 aliphatic carbocycles. The summed E-state index contributed by atoms with van der Waals surface area (Å²) in [6.45, 7) is 4.73. The molecular weight excluding hydrogens is 541 g/mol. The minimum Gasteiger partial charge on any atom is -0.310 e. The molecule has 0 atom stereocenters. The van der Waals surface area contributed by atoms with E-state index in [1.165, 1.54) is 44.4 Å². The summed E-state index contributed by atoms with van der Waals surface area (Å²) in [7, 11) is -3.06. The van der Waals surface area contributed by atoms with Crippen LogP contribution in [0.4, 0.5) is 17.1 Å². The topological polar surface area (TPSA) is 20.3 Å². The lowest BCUT2D eigenvalue weighted by atomic mass is 9.69. The average molecular weight is 574 g/mol. The van der Waals surface area contributed by atoms with E-state index in [9.17, 15) is 0 Å². The largest absolute Gasteiger partial charge is 0.310 e. The molecule has 0 radical (unpaired) electrons. The van der Waals surface area contributed by atoms with Gasteiger partial charge in [-0.2, -0.15) is 0 Å². The van der Waals surface area contributed by atoms with Crippen LogP contribution in [-0.2, 0) is 16.4 Å². The van der Waals surface area contributed by atoms with Crippen molar-refractivity contribution in [3.63, 3.8) is 0 Å². The quantitative estimate of drug-likeness (QED) is 0.196. The monoisotopic (exact) mass is 573 g/mol. The second kappa shape index (κ2) is 9.69. The molecule has 0 amide bonds. The minimum absolute atomic E-state index is 0.166. The highest BCUT2D eigenvalue weighted by Gasteiger charge is 2.40. The van der Waals surface area contributed by atoms with Crippen molar-refractivity contribution in [3.05, 3.63) is 162 Å². The molecule has 6 aromatic rings. The van der Waals surface area contributed by atoms with Crippen LogP contribution in [0.2, 0.25) is 0 Å². The summed E-state index contributed by atoms with van der Waals surface area (Å²) in [6, 6.07) is 46.0. The van der Waals surface area contributed by atoms with Crippen molar-refractivity contribution in [2.75, 3.05) is 4.90 Å². The number of anilines is 3. The van der Waals surface area contributed by atoms with Gasteiger partial charge in [-0.25, -0.2) is 0 Å². The molecule has 0 aromatic heterocycles. The van der Waals surface area contributed by atoms with Gasteiger partial charge in [-0.15, -0.1) is 0 Å². The first kappa shape index (κ1) is 26.0. The summed E-state index contributed by atoms with van der Waals surface area (Å²) in [6.07, 6.45) is 5.49. The summed E-state index contributed by atoms with van der Waals surface area (Å²) in [5, 5.41) is 5.17. The highest BCUT2D eigenvalue weighted by atomic mass is 31.2. The second-order valence-corrected chi connectivity index (χ2v) is 14.8. The number of fused-ring (bicyclic) bond motifs is 3. The molecule has 8 rings (SSSR count). The summed E-state index contributed by atoms with van der Waals surface area (Å²) in [4.78, 5) is 2.41. The van der Waals surface area contributed by atoms with E-state index in [0.29, 0.717) is 0 Å². The number of hydrogen-bond acceptors (Lipinski definition) is 2. The highest BCUT2D eigenvalue weighted by molar-refractivity contribution is 7.85. The van der Waals surface area contributed by atoms with Crippen LogP contribution in [0.1, 0.15) is 36.1 Å². The normalized spacial score (nSPS) is 14.8. The molecule has 0 bridgehead atoms. The van der Waals surface area contributed by atoms with Crippen molar-refractivity contribution in [2.45, 2.75) is 25.7 Å². The summed E-state index contributed by atoms with van der Waals surface area (Å²) >= 11 is 0. The van der Waals surface area contributed by atoms with Gasteiger partial charge in [0.05, 0.1) is 11.4 Å². The zero-order valence-corrected chi connectivity index (χ0v) is 25.3. The maximum absolute atomic E-state index is 15.0. The Morgan fingerprint density at radius 2 is 1.28 bits per heavy atom. The van der Waals surface area contributed by atoms with Gasteiger partial charge in [-0.3, -0.25) is 0 Å². The zero-order chi connectivity index (χ0) is 29.2. The Morgan fingerprint density at radius 1 is 0.651 bits per heavy atom. The summed E-state index contributed by atoms with van der Waals surface area (Å²) < 4.78 is 15.0. The fourth-order valence-electron chi connectivity index (χ4n) is 7.35. The van der Waals surface area contributed by atoms with Crippen molar-refractivity contribution in [1.29, 1.82) is 0 Å². The third-order valence-corrected chi connectivity index (χ3v) is 12.4. The Labute approximate surface area is 253 Å². The van der Waals surface area contributed by atoms with Gasteiger partial charge in [-0.05, 0) is 75.8 Å². The third-order valence-electron chi connectivity index (χ3n) is 9.30. The Bertz CT molecular complexity index is 2050. The SMILES string of the molecule is CC1(C)c2ccccc2N(c2ccc(P(=O)(c3ccccc3)c3ccccc3)cc2)c2cc3cccc4c3c(c21)CC=C4. The van der Waals surface area contributed by atoms with Crippen LogP contribution in [0.25, 0.3) is 16.8 Å². The van der Waals surface area contributed by atoms with Crippen molar-refractivity contribution in [2.24, 2.45) is 0 Å². The fraction of sp³-hybridized carbons (Fsp3) is 0.100. The van der Waals surface area contributed by atoms with E-state index in [2.05, 4.69) is 104 Å². The number of benzene rings is 6. The first-order valence-electron chi connectivity index (χ1n) is 14.9. The van der Waals surface area contributed by atoms with Gasteiger partial charge in [0.15, 0.2) is 7.14 Å². The van der Waals surface area contributed by atoms with E-state index in [0.717, 1.165) is 28.0 Å². The number of allylic oxidation sites excluding steroid dienone is 1. The Balaban J connectivity index is 1.35. The van der Waals surface area contributed by atoms with E-state index in [1.807, 2.05) is 60.7 Å². The molecule has 2 aliphatic rings. The van der Waals surface area contributed by atoms with Gasteiger partial charge in [-0.1, -0.05) is 123 Å². The van der Waals surface area contributed by atoms with Crippen LogP contribution in [0.3, 0.4) is 0 Å². The molecule has 2 nitrogen and oxygen atoms in total. The molecule has 3 heteroatoms. The lowest BCUT2D eigenvalue weighted by molar-refractivity contribution is 0.592. The number of hydrogen-bond donors (Lipinski definition) is 0. The van der Waals surface area contributed by atoms with Crippen LogP contribution >= 0.6 is 7.14 Å². The molecule has 0 saturated carbocycles. The van der Waals surface area contributed by atoms with Gasteiger partial charge >= 0.3 is 0 Å². The van der Waals surface area contributed by atoms with E-state index >= 15 is 4.57 Å². The van der Waals surface area contributed by atoms with Crippen LogP contribution in [0.15, 0.2) is 140 Å². The molecule has 208 valence electrons. The average Bonchev–Trinajstić information content (AvgIpc) is 3.06. The van der Waals surface area contributed by atoms with Crippen LogP contribution in [-0.4, -0.2) is 0 Å². The van der Waals surface area contributed by atoms with E-state index < -0.39 is 7.14 Å². The van der Waals surface area contributed by atoms with E-state index in [-0.39, 0.29) is 5.41 Å². The van der Waals surface area contributed by atoms with Gasteiger partial charge < -0.3 is 9.46 Å². The van der Waals surface area contributed by atoms with Crippen LogP contribution in [0.5, 0.6) is 0 Å². The second-order valence-electron chi connectivity index (χ2n) is 12.1. The number of para-hydroxylation sites is 1. The predicted octanol–water partition coefficient (Wildman–Crippen LogP) is 9.16. The maximum Gasteiger partial charge on any atom is 0.171 e. The number of rotatable bonds is 4. The molecule has 6 aromatic carbocycles. The summed E-state index contributed by atoms with van der Waals surface area (Å²) in [5.41, 5.74) is 8.73. The molecule has 0 N–H and O–H groups in total. The molecule has 0 spiro atoms. The zero-order valence-electron chi connectivity index (χ0n) is 24.4. The smallest absolute Gasteiger partial charge is 0.171 e. The Kier molecular flexibility index (Phi) is 5.86. The standard InChI is InChI=1S/C40H32NOP/c1-40(2)35-21-9-10-22-36(35)41(37-27-29-15-11-13-28-14-12-20-34(38(28)29)39(37)40)30-23-25-33(26-24-30)43(42,31-16-5-3-6-17-31)32-18-7-4-8-19-32/h3-19,21-27H,20H2,1-2H3. The maximum atomic E-state index is 15.0. The lowest BCUT2D eigenvalue weighted by Gasteiger charge is -2.44. The molecule has 43 heavy (non-hydrogen) atoms. The molecule has 0 fully saturated rings. The first-order chi connectivity index (χ1) is 21.0. The molecule has 0 unspecified atom stereocenters. The van der Waals surface area contributed by atoms with E-state index in [4.69, 9.17) is 0 Å². The molecular formula is C40H32NOP. The molecule has 1 aliphatic heterocycles. The van der Waals surface area contributed by atoms with E-state index in [1.54, 1.807) is 0 Å². The van der Waals surface area contributed by atoms with Gasteiger partial charge in [0.1, 0.15) is 0 Å². The predicted molar refractivity (Wildman–Crippen MR) is 183 cm³/mol. The Morgan fingerprint density at radius 3 is 1.98 bits per heavy atom.